The van der Waals surface area contributed by atoms with E-state index >= 15 is 0 Å². The SMILES string of the molecule is Cc1ccc(-c2c(C)noc2C)cc1N(CCC1CCN1C(=O)O)c1ccc(C2(C#N)CC2)cc1. The molecule has 5 rings (SSSR count). The first kappa shape index (κ1) is 23.0. The van der Waals surface area contributed by atoms with E-state index in [1.165, 1.54) is 4.90 Å². The predicted octanol–water partition coefficient (Wildman–Crippen LogP) is 6.10. The van der Waals surface area contributed by atoms with E-state index in [9.17, 15) is 15.2 Å². The second kappa shape index (κ2) is 8.77. The highest BCUT2D eigenvalue weighted by Gasteiger charge is 2.44. The highest BCUT2D eigenvalue weighted by atomic mass is 16.5. The maximum absolute atomic E-state index is 11.5. The minimum atomic E-state index is -0.847. The molecular formula is C28H30N4O3. The first-order valence-electron chi connectivity index (χ1n) is 12.2. The number of carbonyl (C=O) groups is 1. The molecule has 1 atom stereocenters. The minimum Gasteiger partial charge on any atom is -0.465 e. The molecule has 0 bridgehead atoms. The number of nitriles is 1. The fraction of sp³-hybridized carbons (Fsp3) is 0.393. The van der Waals surface area contributed by atoms with Crippen LogP contribution in [-0.4, -0.2) is 40.4 Å². The molecule has 1 saturated carbocycles. The van der Waals surface area contributed by atoms with Crippen LogP contribution >= 0.6 is 0 Å². The summed E-state index contributed by atoms with van der Waals surface area (Å²) in [5.74, 6) is 0.783. The summed E-state index contributed by atoms with van der Waals surface area (Å²) in [5, 5.41) is 23.2. The molecule has 0 radical (unpaired) electrons. The van der Waals surface area contributed by atoms with Gasteiger partial charge in [-0.05, 0) is 81.3 Å². The zero-order chi connectivity index (χ0) is 24.7. The second-order valence-electron chi connectivity index (χ2n) is 9.80. The van der Waals surface area contributed by atoms with Crippen LogP contribution in [-0.2, 0) is 5.41 Å². The van der Waals surface area contributed by atoms with Crippen LogP contribution in [0.1, 0.15) is 48.3 Å². The number of likely N-dealkylation sites (tertiary alicyclic amines) is 1. The third kappa shape index (κ3) is 4.14. The Hall–Kier alpha value is -3.79. The quantitative estimate of drug-likeness (QED) is 0.448. The lowest BCUT2D eigenvalue weighted by atomic mass is 9.96. The Morgan fingerprint density at radius 3 is 2.51 bits per heavy atom. The molecule has 7 heteroatoms. The highest BCUT2D eigenvalue weighted by Crippen LogP contribution is 2.48. The molecule has 1 unspecified atom stereocenters. The third-order valence-corrected chi connectivity index (χ3v) is 7.59. The molecule has 180 valence electrons. The van der Waals surface area contributed by atoms with Crippen LogP contribution in [0.4, 0.5) is 16.2 Å². The number of aryl methyl sites for hydroxylation is 3. The third-order valence-electron chi connectivity index (χ3n) is 7.59. The largest absolute Gasteiger partial charge is 0.465 e. The molecule has 1 N–H and O–H groups in total. The van der Waals surface area contributed by atoms with E-state index in [0.717, 1.165) is 70.8 Å². The number of hydrogen-bond donors (Lipinski definition) is 1. The topological polar surface area (TPSA) is 93.6 Å². The summed E-state index contributed by atoms with van der Waals surface area (Å²) < 4.78 is 5.41. The van der Waals surface area contributed by atoms with Crippen molar-refractivity contribution in [1.82, 2.24) is 10.1 Å². The number of nitrogens with zero attached hydrogens (tertiary/aromatic N) is 4. The van der Waals surface area contributed by atoms with Crippen molar-refractivity contribution in [3.63, 3.8) is 0 Å². The van der Waals surface area contributed by atoms with E-state index in [2.05, 4.69) is 65.5 Å². The Labute approximate surface area is 205 Å². The van der Waals surface area contributed by atoms with Crippen molar-refractivity contribution in [1.29, 1.82) is 5.26 Å². The fourth-order valence-corrected chi connectivity index (χ4v) is 5.16. The number of benzene rings is 2. The standard InChI is InChI=1S/C28H30N4O3/c1-18-4-5-21(26-19(2)30-35-20(26)3)16-25(18)31(14-10-24-11-15-32(24)27(33)34)23-8-6-22(7-9-23)28(17-29)12-13-28/h4-9,16,24H,10-15H2,1-3H3,(H,33,34). The van der Waals surface area contributed by atoms with Gasteiger partial charge in [-0.15, -0.1) is 0 Å². The molecule has 35 heavy (non-hydrogen) atoms. The zero-order valence-electron chi connectivity index (χ0n) is 20.4. The molecule has 3 aromatic rings. The summed E-state index contributed by atoms with van der Waals surface area (Å²) in [6.45, 7) is 7.25. The van der Waals surface area contributed by atoms with Crippen LogP contribution in [0.15, 0.2) is 47.0 Å². The Balaban J connectivity index is 1.50. The van der Waals surface area contributed by atoms with Gasteiger partial charge in [-0.1, -0.05) is 29.4 Å². The van der Waals surface area contributed by atoms with E-state index in [0.29, 0.717) is 13.1 Å². The molecule has 2 heterocycles. The van der Waals surface area contributed by atoms with E-state index < -0.39 is 6.09 Å². The van der Waals surface area contributed by atoms with Crippen molar-refractivity contribution < 1.29 is 14.4 Å². The molecule has 1 amide bonds. The van der Waals surface area contributed by atoms with Gasteiger partial charge in [-0.3, -0.25) is 0 Å². The minimum absolute atomic E-state index is 0.0358. The van der Waals surface area contributed by atoms with Crippen molar-refractivity contribution in [3.05, 3.63) is 65.0 Å². The van der Waals surface area contributed by atoms with Gasteiger partial charge >= 0.3 is 6.09 Å². The van der Waals surface area contributed by atoms with Crippen LogP contribution < -0.4 is 4.90 Å². The van der Waals surface area contributed by atoms with E-state index in [1.807, 2.05) is 13.8 Å². The summed E-state index contributed by atoms with van der Waals surface area (Å²) in [5.41, 5.74) is 6.87. The van der Waals surface area contributed by atoms with Crippen molar-refractivity contribution in [2.75, 3.05) is 18.0 Å². The van der Waals surface area contributed by atoms with Crippen molar-refractivity contribution in [2.24, 2.45) is 0 Å². The number of aromatic nitrogens is 1. The fourth-order valence-electron chi connectivity index (χ4n) is 5.16. The Kier molecular flexibility index (Phi) is 5.76. The molecule has 1 aromatic heterocycles. The predicted molar refractivity (Wildman–Crippen MR) is 134 cm³/mol. The van der Waals surface area contributed by atoms with Crippen LogP contribution in [0.25, 0.3) is 11.1 Å². The van der Waals surface area contributed by atoms with Gasteiger partial charge in [0.25, 0.3) is 0 Å². The summed E-state index contributed by atoms with van der Waals surface area (Å²) in [6.07, 6.45) is 2.61. The lowest BCUT2D eigenvalue weighted by Crippen LogP contribution is -2.51. The van der Waals surface area contributed by atoms with Crippen molar-refractivity contribution in [3.8, 4) is 17.2 Å². The van der Waals surface area contributed by atoms with Gasteiger partial charge in [0, 0.05) is 36.1 Å². The van der Waals surface area contributed by atoms with Gasteiger partial charge in [0.15, 0.2) is 0 Å². The van der Waals surface area contributed by atoms with E-state index in [-0.39, 0.29) is 11.5 Å². The average Bonchev–Trinajstić information content (AvgIpc) is 3.55. The molecule has 0 spiro atoms. The van der Waals surface area contributed by atoms with Gasteiger partial charge in [-0.2, -0.15) is 5.26 Å². The first-order chi connectivity index (χ1) is 16.8. The summed E-state index contributed by atoms with van der Waals surface area (Å²) >= 11 is 0. The van der Waals surface area contributed by atoms with Gasteiger partial charge < -0.3 is 19.4 Å². The number of hydrogen-bond acceptors (Lipinski definition) is 5. The lowest BCUT2D eigenvalue weighted by Gasteiger charge is -2.40. The maximum atomic E-state index is 11.5. The monoisotopic (exact) mass is 470 g/mol. The highest BCUT2D eigenvalue weighted by molar-refractivity contribution is 5.76. The molecule has 1 saturated heterocycles. The molecule has 7 nitrogen and oxygen atoms in total. The molecule has 2 aromatic carbocycles. The van der Waals surface area contributed by atoms with E-state index in [4.69, 9.17) is 4.52 Å². The smallest absolute Gasteiger partial charge is 0.407 e. The summed E-state index contributed by atoms with van der Waals surface area (Å²) in [4.78, 5) is 15.3. The molecule has 2 fully saturated rings. The van der Waals surface area contributed by atoms with Crippen LogP contribution in [0.3, 0.4) is 0 Å². The summed E-state index contributed by atoms with van der Waals surface area (Å²) in [6, 6.07) is 17.2. The zero-order valence-corrected chi connectivity index (χ0v) is 20.4. The van der Waals surface area contributed by atoms with Gasteiger partial charge in [0.1, 0.15) is 5.76 Å². The number of rotatable bonds is 7. The number of amides is 1. The van der Waals surface area contributed by atoms with E-state index in [1.54, 1.807) is 0 Å². The molecule has 1 aliphatic heterocycles. The lowest BCUT2D eigenvalue weighted by molar-refractivity contribution is 0.0727. The van der Waals surface area contributed by atoms with Gasteiger partial charge in [-0.25, -0.2) is 4.79 Å². The number of carboxylic acid groups (broad SMARTS) is 1. The number of anilines is 2. The second-order valence-corrected chi connectivity index (χ2v) is 9.80. The molecular weight excluding hydrogens is 440 g/mol. The first-order valence-corrected chi connectivity index (χ1v) is 12.2. The van der Waals surface area contributed by atoms with Gasteiger partial charge in [0.05, 0.1) is 17.2 Å². The molecule has 2 aliphatic rings. The summed E-state index contributed by atoms with van der Waals surface area (Å²) in [7, 11) is 0. The normalized spacial score (nSPS) is 18.0. The van der Waals surface area contributed by atoms with Crippen LogP contribution in [0, 0.1) is 32.1 Å². The Morgan fingerprint density at radius 2 is 1.97 bits per heavy atom. The Bertz CT molecular complexity index is 1280. The Morgan fingerprint density at radius 1 is 1.23 bits per heavy atom. The maximum Gasteiger partial charge on any atom is 0.407 e. The van der Waals surface area contributed by atoms with Crippen molar-refractivity contribution in [2.45, 2.75) is 57.9 Å². The molecule has 1 aliphatic carbocycles. The average molecular weight is 471 g/mol. The van der Waals surface area contributed by atoms with Gasteiger partial charge in [0.2, 0.25) is 0 Å². The van der Waals surface area contributed by atoms with Crippen molar-refractivity contribution >= 4 is 17.5 Å². The van der Waals surface area contributed by atoms with Crippen LogP contribution in [0.5, 0.6) is 0 Å². The van der Waals surface area contributed by atoms with Crippen LogP contribution in [0.2, 0.25) is 0 Å².